The molecule has 0 unspecified atom stereocenters. The number of hydrogen-bond acceptors (Lipinski definition) is 8. The number of aromatic nitrogens is 3. The molecule has 3 aromatic rings. The average molecular weight is 487 g/mol. The number of nitrogens with zero attached hydrogens (tertiary/aromatic N) is 4. The Morgan fingerprint density at radius 2 is 1.62 bits per heavy atom. The molecule has 10 heteroatoms. The first kappa shape index (κ1) is 24.3. The predicted octanol–water partition coefficient (Wildman–Crippen LogP) is 3.73. The van der Waals surface area contributed by atoms with Gasteiger partial charge in [-0.1, -0.05) is 41.0 Å². The van der Waals surface area contributed by atoms with Crippen LogP contribution >= 0.6 is 11.6 Å². The van der Waals surface area contributed by atoms with Crippen molar-refractivity contribution >= 4 is 17.8 Å². The van der Waals surface area contributed by atoms with Gasteiger partial charge in [0.1, 0.15) is 18.5 Å². The van der Waals surface area contributed by atoms with E-state index in [0.29, 0.717) is 10.8 Å². The Morgan fingerprint density at radius 3 is 2.26 bits per heavy atom. The molecule has 1 saturated heterocycles. The highest BCUT2D eigenvalue weighted by molar-refractivity contribution is 6.30. The molecule has 0 saturated carbocycles. The first-order valence-corrected chi connectivity index (χ1v) is 11.1. The Hall–Kier alpha value is -2.82. The first-order valence-electron chi connectivity index (χ1n) is 10.7. The van der Waals surface area contributed by atoms with Gasteiger partial charge in [-0.05, 0) is 36.8 Å². The summed E-state index contributed by atoms with van der Waals surface area (Å²) in [5.74, 6) is 0.612. The van der Waals surface area contributed by atoms with Crippen LogP contribution in [0, 0.1) is 0 Å². The molecular formula is C24H27ClN4O5. The summed E-state index contributed by atoms with van der Waals surface area (Å²) in [5, 5.41) is 9.31. The summed E-state index contributed by atoms with van der Waals surface area (Å²) >= 11 is 5.95. The molecular weight excluding hydrogens is 460 g/mol. The molecule has 1 aromatic heterocycles. The quantitative estimate of drug-likeness (QED) is 0.354. The third-order valence-electron chi connectivity index (χ3n) is 5.66. The van der Waals surface area contributed by atoms with Gasteiger partial charge in [0.05, 0.1) is 18.0 Å². The van der Waals surface area contributed by atoms with E-state index in [4.69, 9.17) is 35.4 Å². The van der Waals surface area contributed by atoms with Crippen molar-refractivity contribution in [1.82, 2.24) is 14.8 Å². The lowest BCUT2D eigenvalue weighted by molar-refractivity contribution is -0.305. The van der Waals surface area contributed by atoms with Gasteiger partial charge < -0.3 is 23.8 Å². The highest BCUT2D eigenvalue weighted by atomic mass is 35.5. The topological polar surface area (TPSA) is 89.2 Å². The minimum Gasteiger partial charge on any atom is -0.376 e. The molecule has 9 nitrogen and oxygen atoms in total. The number of benzene rings is 2. The summed E-state index contributed by atoms with van der Waals surface area (Å²) in [6.45, 7) is 1.90. The van der Waals surface area contributed by atoms with Crippen LogP contribution < -0.4 is 0 Å². The van der Waals surface area contributed by atoms with Gasteiger partial charge in [-0.15, -0.1) is 5.10 Å². The van der Waals surface area contributed by atoms with E-state index in [1.165, 1.54) is 0 Å². The van der Waals surface area contributed by atoms with Crippen LogP contribution in [0.4, 0.5) is 0 Å². The molecule has 0 radical (unpaired) electrons. The second-order valence-electron chi connectivity index (χ2n) is 7.76. The van der Waals surface area contributed by atoms with Gasteiger partial charge in [-0.25, -0.2) is 9.67 Å². The number of methoxy groups -OCH3 is 3. The predicted molar refractivity (Wildman–Crippen MR) is 127 cm³/mol. The zero-order valence-electron chi connectivity index (χ0n) is 19.4. The van der Waals surface area contributed by atoms with Crippen molar-refractivity contribution < 1.29 is 23.8 Å². The maximum atomic E-state index is 5.95. The van der Waals surface area contributed by atoms with Crippen molar-refractivity contribution in [2.75, 3.05) is 21.3 Å². The molecule has 4 rings (SSSR count). The highest BCUT2D eigenvalue weighted by Gasteiger charge is 2.46. The molecule has 1 fully saturated rings. The van der Waals surface area contributed by atoms with Gasteiger partial charge in [0.25, 0.3) is 6.29 Å². The Kier molecular flexibility index (Phi) is 7.91. The van der Waals surface area contributed by atoms with E-state index in [1.807, 2.05) is 55.5 Å². The number of oxime groups is 1. The Morgan fingerprint density at radius 1 is 0.941 bits per heavy atom. The molecule has 0 bridgehead atoms. The van der Waals surface area contributed by atoms with Gasteiger partial charge in [-0.3, -0.25) is 0 Å². The number of halogens is 1. The molecule has 2 aromatic carbocycles. The fraction of sp³-hybridized carbons (Fsp3) is 0.375. The summed E-state index contributed by atoms with van der Waals surface area (Å²) < 4.78 is 24.2. The van der Waals surface area contributed by atoms with E-state index in [2.05, 4.69) is 15.2 Å². The van der Waals surface area contributed by atoms with Gasteiger partial charge >= 0.3 is 0 Å². The van der Waals surface area contributed by atoms with Crippen LogP contribution in [-0.4, -0.2) is 73.0 Å². The Bertz CT molecular complexity index is 1090. The summed E-state index contributed by atoms with van der Waals surface area (Å²) in [4.78, 5) is 10.0. The standard InChI is InChI=1S/C24H27ClN4O5/c1-15-20(30-2)21(31-3)22(32-4)24(33-15)34-27-13-16-5-7-17(8-6-16)23-26-14-29(28-23)19-11-9-18(25)10-12-19/h5-15,20-22,24H,1-4H3/b27-13+/t15-,20-,21+,22+,24-/m0/s1. The zero-order valence-corrected chi connectivity index (χ0v) is 20.1. The van der Waals surface area contributed by atoms with E-state index in [0.717, 1.165) is 16.8 Å². The zero-order chi connectivity index (χ0) is 24.1. The normalized spacial score (nSPS) is 25.0. The van der Waals surface area contributed by atoms with Crippen molar-refractivity contribution in [1.29, 1.82) is 0 Å². The summed E-state index contributed by atoms with van der Waals surface area (Å²) in [7, 11) is 4.80. The molecule has 1 aliphatic rings. The summed E-state index contributed by atoms with van der Waals surface area (Å²) in [5.41, 5.74) is 2.60. The Balaban J connectivity index is 1.40. The number of ether oxygens (including phenoxy) is 4. The van der Waals surface area contributed by atoms with Gasteiger partial charge in [0.2, 0.25) is 0 Å². The van der Waals surface area contributed by atoms with Crippen LogP contribution in [-0.2, 0) is 23.8 Å². The lowest BCUT2D eigenvalue weighted by atomic mass is 9.99. The van der Waals surface area contributed by atoms with Gasteiger partial charge in [-0.2, -0.15) is 0 Å². The van der Waals surface area contributed by atoms with Crippen molar-refractivity contribution in [3.05, 3.63) is 65.4 Å². The first-order chi connectivity index (χ1) is 16.5. The number of hydrogen-bond donors (Lipinski definition) is 0. The van der Waals surface area contributed by atoms with Crippen LogP contribution in [0.25, 0.3) is 17.1 Å². The van der Waals surface area contributed by atoms with Crippen LogP contribution in [0.5, 0.6) is 0 Å². The van der Waals surface area contributed by atoms with E-state index >= 15 is 0 Å². The van der Waals surface area contributed by atoms with Crippen LogP contribution in [0.3, 0.4) is 0 Å². The average Bonchev–Trinajstić information content (AvgIpc) is 3.35. The van der Waals surface area contributed by atoms with Crippen molar-refractivity contribution in [3.63, 3.8) is 0 Å². The van der Waals surface area contributed by atoms with E-state index in [-0.39, 0.29) is 18.3 Å². The SMILES string of the molecule is CO[C@@H]1[C@@H](OC)[C@H](C)O[C@@H](O/N=C/c2ccc(-c3ncn(-c4ccc(Cl)cc4)n3)cc2)[C@@H]1OC. The van der Waals surface area contributed by atoms with Crippen LogP contribution in [0.1, 0.15) is 12.5 Å². The lowest BCUT2D eigenvalue weighted by Crippen LogP contribution is -2.59. The monoisotopic (exact) mass is 486 g/mol. The third kappa shape index (κ3) is 5.29. The summed E-state index contributed by atoms with van der Waals surface area (Å²) in [6, 6.07) is 15.0. The fourth-order valence-corrected chi connectivity index (χ4v) is 4.01. The molecule has 2 heterocycles. The van der Waals surface area contributed by atoms with E-state index in [1.54, 1.807) is 38.6 Å². The Labute approximate surface area is 203 Å². The van der Waals surface area contributed by atoms with Gasteiger partial charge in [0, 0.05) is 31.9 Å². The highest BCUT2D eigenvalue weighted by Crippen LogP contribution is 2.27. The number of rotatable bonds is 8. The molecule has 1 aliphatic heterocycles. The molecule has 180 valence electrons. The smallest absolute Gasteiger partial charge is 0.256 e. The maximum Gasteiger partial charge on any atom is 0.256 e. The maximum absolute atomic E-state index is 5.95. The minimum absolute atomic E-state index is 0.249. The van der Waals surface area contributed by atoms with Gasteiger partial charge in [0.15, 0.2) is 11.9 Å². The van der Waals surface area contributed by atoms with Crippen molar-refractivity contribution in [2.45, 2.75) is 37.6 Å². The van der Waals surface area contributed by atoms with Crippen molar-refractivity contribution in [2.24, 2.45) is 5.16 Å². The van der Waals surface area contributed by atoms with E-state index < -0.39 is 12.4 Å². The molecule has 34 heavy (non-hydrogen) atoms. The molecule has 0 aliphatic carbocycles. The fourth-order valence-electron chi connectivity index (χ4n) is 3.88. The molecule has 0 spiro atoms. The largest absolute Gasteiger partial charge is 0.376 e. The molecule has 0 N–H and O–H groups in total. The second-order valence-corrected chi connectivity index (χ2v) is 8.20. The van der Waals surface area contributed by atoms with Crippen molar-refractivity contribution in [3.8, 4) is 17.1 Å². The van der Waals surface area contributed by atoms with Crippen LogP contribution in [0.15, 0.2) is 60.0 Å². The molecule has 0 amide bonds. The lowest BCUT2D eigenvalue weighted by Gasteiger charge is -2.42. The van der Waals surface area contributed by atoms with E-state index in [9.17, 15) is 0 Å². The van der Waals surface area contributed by atoms with Crippen LogP contribution in [0.2, 0.25) is 5.02 Å². The third-order valence-corrected chi connectivity index (χ3v) is 5.91. The summed E-state index contributed by atoms with van der Waals surface area (Å²) in [6.07, 6.45) is 1.18. The second kappa shape index (κ2) is 11.1. The molecule has 5 atom stereocenters. The minimum atomic E-state index is -0.729.